The molecule has 124 valence electrons. The van der Waals surface area contributed by atoms with Gasteiger partial charge in [0.05, 0.1) is 5.25 Å². The van der Waals surface area contributed by atoms with Gasteiger partial charge in [-0.1, -0.05) is 0 Å². The van der Waals surface area contributed by atoms with E-state index in [0.29, 0.717) is 50.6 Å². The molecule has 2 fully saturated rings. The first-order chi connectivity index (χ1) is 10.3. The third kappa shape index (κ3) is 3.23. The molecule has 0 unspecified atom stereocenters. The monoisotopic (exact) mass is 355 g/mol. The van der Waals surface area contributed by atoms with Crippen LogP contribution in [0.5, 0.6) is 0 Å². The number of thiazole rings is 1. The Morgan fingerprint density at radius 3 is 2.50 bits per heavy atom. The van der Waals surface area contributed by atoms with Crippen LogP contribution in [-0.4, -0.2) is 49.1 Å². The molecule has 2 aliphatic rings. The van der Waals surface area contributed by atoms with Gasteiger partial charge in [-0.2, -0.15) is 17.5 Å². The van der Waals surface area contributed by atoms with Crippen molar-refractivity contribution in [3.8, 4) is 0 Å². The van der Waals surface area contributed by atoms with Crippen molar-refractivity contribution < 1.29 is 21.6 Å². The van der Waals surface area contributed by atoms with E-state index in [1.54, 1.807) is 4.90 Å². The van der Waals surface area contributed by atoms with Crippen LogP contribution in [-0.2, 0) is 16.2 Å². The predicted octanol–water partition coefficient (Wildman–Crippen LogP) is 2.17. The first-order valence-electron chi connectivity index (χ1n) is 7.05. The topological polar surface area (TPSA) is 53.5 Å². The summed E-state index contributed by atoms with van der Waals surface area (Å²) in [5.41, 5.74) is -0.890. The van der Waals surface area contributed by atoms with Crippen LogP contribution in [0.25, 0.3) is 0 Å². The fraction of sp³-hybridized carbons (Fsp3) is 0.750. The molecule has 1 saturated heterocycles. The van der Waals surface area contributed by atoms with Gasteiger partial charge in [-0.05, 0) is 19.3 Å². The standard InChI is InChI=1S/C12H16F3N3O2S2/c13-12(14,15)10-8-21-11(16-10)17-4-1-5-18(7-6-17)22(19,20)9-2-3-9/h8-9H,1-7H2. The van der Waals surface area contributed by atoms with Crippen molar-refractivity contribution in [2.75, 3.05) is 31.1 Å². The Bertz CT molecular complexity index is 640. The van der Waals surface area contributed by atoms with Gasteiger partial charge in [0.15, 0.2) is 10.8 Å². The second kappa shape index (κ2) is 5.64. The maximum Gasteiger partial charge on any atom is 0.434 e. The minimum Gasteiger partial charge on any atom is -0.347 e. The molecule has 1 aromatic heterocycles. The number of sulfonamides is 1. The van der Waals surface area contributed by atoms with E-state index in [9.17, 15) is 21.6 Å². The van der Waals surface area contributed by atoms with E-state index < -0.39 is 21.9 Å². The number of anilines is 1. The van der Waals surface area contributed by atoms with Gasteiger partial charge in [0, 0.05) is 31.6 Å². The van der Waals surface area contributed by atoms with E-state index in [1.165, 1.54) is 4.31 Å². The first kappa shape index (κ1) is 16.0. The van der Waals surface area contributed by atoms with E-state index in [4.69, 9.17) is 0 Å². The summed E-state index contributed by atoms with van der Waals surface area (Å²) in [6.07, 6.45) is -2.43. The van der Waals surface area contributed by atoms with Gasteiger partial charge in [0.25, 0.3) is 0 Å². The lowest BCUT2D eigenvalue weighted by molar-refractivity contribution is -0.140. The fourth-order valence-corrected chi connectivity index (χ4v) is 5.22. The molecule has 0 aromatic carbocycles. The van der Waals surface area contributed by atoms with E-state index in [2.05, 4.69) is 4.98 Å². The van der Waals surface area contributed by atoms with Crippen LogP contribution in [0, 0.1) is 0 Å². The minimum absolute atomic E-state index is 0.254. The van der Waals surface area contributed by atoms with Gasteiger partial charge < -0.3 is 4.90 Å². The Morgan fingerprint density at radius 2 is 1.91 bits per heavy atom. The van der Waals surface area contributed by atoms with Crippen molar-refractivity contribution in [3.05, 3.63) is 11.1 Å². The van der Waals surface area contributed by atoms with Crippen molar-refractivity contribution in [1.82, 2.24) is 9.29 Å². The van der Waals surface area contributed by atoms with Gasteiger partial charge >= 0.3 is 6.18 Å². The number of hydrogen-bond donors (Lipinski definition) is 0. The average Bonchev–Trinajstić information content (AvgIpc) is 3.21. The molecule has 1 aliphatic carbocycles. The van der Waals surface area contributed by atoms with Crippen LogP contribution in [0.2, 0.25) is 0 Å². The highest BCUT2D eigenvalue weighted by atomic mass is 32.2. The van der Waals surface area contributed by atoms with E-state index in [1.807, 2.05) is 0 Å². The summed E-state index contributed by atoms with van der Waals surface area (Å²) in [6.45, 7) is 1.62. The van der Waals surface area contributed by atoms with E-state index in [-0.39, 0.29) is 5.25 Å². The predicted molar refractivity (Wildman–Crippen MR) is 77.5 cm³/mol. The summed E-state index contributed by atoms with van der Waals surface area (Å²) in [5, 5.41) is 1.05. The molecule has 10 heteroatoms. The molecule has 0 N–H and O–H groups in total. The molecule has 1 saturated carbocycles. The Morgan fingerprint density at radius 1 is 1.18 bits per heavy atom. The molecule has 0 atom stereocenters. The third-order valence-electron chi connectivity index (χ3n) is 3.81. The van der Waals surface area contributed by atoms with Gasteiger partial charge in [-0.25, -0.2) is 13.4 Å². The fourth-order valence-electron chi connectivity index (χ4n) is 2.46. The maximum atomic E-state index is 12.6. The number of aromatic nitrogens is 1. The van der Waals surface area contributed by atoms with Crippen LogP contribution >= 0.6 is 11.3 Å². The molecule has 0 radical (unpaired) electrons. The minimum atomic E-state index is -4.44. The zero-order valence-electron chi connectivity index (χ0n) is 11.7. The molecule has 0 bridgehead atoms. The SMILES string of the molecule is O=S(=O)(C1CC1)N1CCCN(c2nc(C(F)(F)F)cs2)CC1. The zero-order chi connectivity index (χ0) is 16.0. The zero-order valence-corrected chi connectivity index (χ0v) is 13.3. The Kier molecular flexibility index (Phi) is 4.11. The lowest BCUT2D eigenvalue weighted by atomic mass is 10.4. The molecule has 0 amide bonds. The lowest BCUT2D eigenvalue weighted by Gasteiger charge is -2.21. The van der Waals surface area contributed by atoms with Gasteiger partial charge in [0.2, 0.25) is 10.0 Å². The summed E-state index contributed by atoms with van der Waals surface area (Å²) < 4.78 is 63.7. The number of hydrogen-bond acceptors (Lipinski definition) is 5. The molecule has 1 aliphatic heterocycles. The Hall–Kier alpha value is -0.870. The van der Waals surface area contributed by atoms with Gasteiger partial charge in [0.1, 0.15) is 0 Å². The smallest absolute Gasteiger partial charge is 0.347 e. The van der Waals surface area contributed by atoms with Crippen molar-refractivity contribution in [2.24, 2.45) is 0 Å². The van der Waals surface area contributed by atoms with Gasteiger partial charge in [-0.3, -0.25) is 0 Å². The van der Waals surface area contributed by atoms with Crippen LogP contribution in [0.15, 0.2) is 5.38 Å². The van der Waals surface area contributed by atoms with Crippen molar-refractivity contribution in [2.45, 2.75) is 30.7 Å². The molecule has 0 spiro atoms. The van der Waals surface area contributed by atoms with Gasteiger partial charge in [-0.15, -0.1) is 11.3 Å². The first-order valence-corrected chi connectivity index (χ1v) is 9.43. The van der Waals surface area contributed by atoms with E-state index in [0.717, 1.165) is 16.7 Å². The highest BCUT2D eigenvalue weighted by Gasteiger charge is 2.40. The van der Waals surface area contributed by atoms with Crippen molar-refractivity contribution in [3.63, 3.8) is 0 Å². The second-order valence-electron chi connectivity index (χ2n) is 5.50. The summed E-state index contributed by atoms with van der Waals surface area (Å²) in [5.74, 6) is 0. The number of rotatable bonds is 3. The summed E-state index contributed by atoms with van der Waals surface area (Å²) >= 11 is 0.946. The third-order valence-corrected chi connectivity index (χ3v) is 7.11. The highest BCUT2D eigenvalue weighted by Crippen LogP contribution is 2.34. The maximum absolute atomic E-state index is 12.6. The van der Waals surface area contributed by atoms with Crippen molar-refractivity contribution in [1.29, 1.82) is 0 Å². The molecular weight excluding hydrogens is 339 g/mol. The summed E-state index contributed by atoms with van der Waals surface area (Å²) in [7, 11) is -3.23. The number of halogens is 3. The Labute approximate surface area is 130 Å². The molecule has 5 nitrogen and oxygen atoms in total. The molecule has 1 aromatic rings. The lowest BCUT2D eigenvalue weighted by Crippen LogP contribution is -2.37. The second-order valence-corrected chi connectivity index (χ2v) is 8.55. The molecule has 3 rings (SSSR count). The molecule has 2 heterocycles. The average molecular weight is 355 g/mol. The Balaban J connectivity index is 1.69. The van der Waals surface area contributed by atoms with Crippen LogP contribution in [0.4, 0.5) is 18.3 Å². The normalized spacial score (nSPS) is 21.9. The van der Waals surface area contributed by atoms with Crippen LogP contribution in [0.3, 0.4) is 0 Å². The number of alkyl halides is 3. The summed E-state index contributed by atoms with van der Waals surface area (Å²) in [6, 6.07) is 0. The quantitative estimate of drug-likeness (QED) is 0.834. The van der Waals surface area contributed by atoms with Crippen LogP contribution < -0.4 is 4.90 Å². The van der Waals surface area contributed by atoms with E-state index >= 15 is 0 Å². The highest BCUT2D eigenvalue weighted by molar-refractivity contribution is 7.90. The van der Waals surface area contributed by atoms with Crippen LogP contribution in [0.1, 0.15) is 25.0 Å². The molecular formula is C12H16F3N3O2S2. The number of nitrogens with zero attached hydrogens (tertiary/aromatic N) is 3. The summed E-state index contributed by atoms with van der Waals surface area (Å²) in [4.78, 5) is 5.37. The largest absolute Gasteiger partial charge is 0.434 e. The molecule has 22 heavy (non-hydrogen) atoms. The van der Waals surface area contributed by atoms with Crippen molar-refractivity contribution >= 4 is 26.5 Å².